The van der Waals surface area contributed by atoms with Crippen LogP contribution in [0.25, 0.3) is 11.0 Å². The second-order valence-electron chi connectivity index (χ2n) is 7.92. The number of imidazole rings is 1. The van der Waals surface area contributed by atoms with Gasteiger partial charge >= 0.3 is 0 Å². The number of benzene rings is 2. The van der Waals surface area contributed by atoms with Gasteiger partial charge < -0.3 is 4.57 Å². The van der Waals surface area contributed by atoms with Gasteiger partial charge in [0.05, 0.1) is 11.0 Å². The fourth-order valence-corrected chi connectivity index (χ4v) is 3.55. The van der Waals surface area contributed by atoms with Gasteiger partial charge in [-0.3, -0.25) is 10.1 Å². The van der Waals surface area contributed by atoms with Gasteiger partial charge in [0.1, 0.15) is 5.82 Å². The van der Waals surface area contributed by atoms with Gasteiger partial charge in [-0.1, -0.05) is 24.3 Å². The zero-order valence-corrected chi connectivity index (χ0v) is 15.2. The third-order valence-electron chi connectivity index (χ3n) is 4.89. The number of fused-ring (bicyclic) bond motifs is 1. The van der Waals surface area contributed by atoms with Crippen LogP contribution in [-0.2, 0) is 10.3 Å². The van der Waals surface area contributed by atoms with Crippen molar-refractivity contribution in [3.63, 3.8) is 0 Å². The van der Waals surface area contributed by atoms with Crippen molar-refractivity contribution in [1.82, 2.24) is 9.55 Å². The summed E-state index contributed by atoms with van der Waals surface area (Å²) < 4.78 is 15.1. The smallest absolute Gasteiger partial charge is 0.230 e. The van der Waals surface area contributed by atoms with Gasteiger partial charge in [-0.2, -0.15) is 0 Å². The van der Waals surface area contributed by atoms with Gasteiger partial charge in [-0.05, 0) is 62.9 Å². The van der Waals surface area contributed by atoms with Crippen molar-refractivity contribution in [2.75, 3.05) is 5.32 Å². The predicted octanol–water partition coefficient (Wildman–Crippen LogP) is 4.67. The fourth-order valence-electron chi connectivity index (χ4n) is 3.55. The van der Waals surface area contributed by atoms with Crippen LogP contribution in [0.15, 0.2) is 48.5 Å². The third kappa shape index (κ3) is 2.98. The van der Waals surface area contributed by atoms with Gasteiger partial charge in [-0.15, -0.1) is 0 Å². The highest BCUT2D eigenvalue weighted by atomic mass is 19.1. The Morgan fingerprint density at radius 1 is 1.15 bits per heavy atom. The molecule has 1 aliphatic carbocycles. The molecular formula is C21H22FN3O. The molecule has 134 valence electrons. The standard InChI is InChI=1S/C21H22FN3O/c1-21(2,3)25-18-7-5-4-6-17(18)23-20(25)24-19(26)16-12-15(16)13-8-10-14(22)11-9-13/h4-11,15-16H,12H2,1-3H3,(H,23,24,26). The van der Waals surface area contributed by atoms with Crippen molar-refractivity contribution in [2.24, 2.45) is 5.92 Å². The lowest BCUT2D eigenvalue weighted by Crippen LogP contribution is -2.26. The highest BCUT2D eigenvalue weighted by Crippen LogP contribution is 2.48. The van der Waals surface area contributed by atoms with Crippen LogP contribution in [0, 0.1) is 11.7 Å². The zero-order valence-electron chi connectivity index (χ0n) is 15.2. The predicted molar refractivity (Wildman–Crippen MR) is 101 cm³/mol. The summed E-state index contributed by atoms with van der Waals surface area (Å²) in [7, 11) is 0. The van der Waals surface area contributed by atoms with Crippen LogP contribution in [-0.4, -0.2) is 15.5 Å². The topological polar surface area (TPSA) is 46.9 Å². The molecule has 3 aromatic rings. The van der Waals surface area contributed by atoms with Crippen molar-refractivity contribution in [3.05, 3.63) is 59.9 Å². The molecule has 1 aromatic heterocycles. The van der Waals surface area contributed by atoms with E-state index in [1.165, 1.54) is 12.1 Å². The number of aromatic nitrogens is 2. The molecule has 26 heavy (non-hydrogen) atoms. The number of hydrogen-bond acceptors (Lipinski definition) is 2. The van der Waals surface area contributed by atoms with E-state index in [1.54, 1.807) is 12.1 Å². The minimum atomic E-state index is -0.255. The first-order chi connectivity index (χ1) is 12.3. The van der Waals surface area contributed by atoms with E-state index in [0.29, 0.717) is 5.95 Å². The first kappa shape index (κ1) is 16.8. The van der Waals surface area contributed by atoms with Crippen LogP contribution < -0.4 is 5.32 Å². The van der Waals surface area contributed by atoms with E-state index >= 15 is 0 Å². The van der Waals surface area contributed by atoms with Crippen molar-refractivity contribution in [2.45, 2.75) is 38.6 Å². The first-order valence-corrected chi connectivity index (χ1v) is 8.89. The normalized spacial score (nSPS) is 19.5. The summed E-state index contributed by atoms with van der Waals surface area (Å²) in [6.45, 7) is 6.28. The molecule has 0 aliphatic heterocycles. The molecule has 0 spiro atoms. The van der Waals surface area contributed by atoms with Crippen molar-refractivity contribution in [3.8, 4) is 0 Å². The summed E-state index contributed by atoms with van der Waals surface area (Å²) in [5, 5.41) is 3.02. The van der Waals surface area contributed by atoms with Gasteiger partial charge in [0.15, 0.2) is 0 Å². The lowest BCUT2D eigenvalue weighted by Gasteiger charge is -2.24. The van der Waals surface area contributed by atoms with Crippen molar-refractivity contribution >= 4 is 22.9 Å². The number of halogens is 1. The molecule has 1 fully saturated rings. The van der Waals surface area contributed by atoms with Crippen molar-refractivity contribution in [1.29, 1.82) is 0 Å². The Balaban J connectivity index is 1.58. The molecule has 0 bridgehead atoms. The summed E-state index contributed by atoms with van der Waals surface area (Å²) >= 11 is 0. The monoisotopic (exact) mass is 351 g/mol. The third-order valence-corrected chi connectivity index (χ3v) is 4.89. The Bertz CT molecular complexity index is 969. The lowest BCUT2D eigenvalue weighted by atomic mass is 10.1. The molecule has 1 aliphatic rings. The van der Waals surface area contributed by atoms with Crippen LogP contribution in [0.1, 0.15) is 38.7 Å². The number of nitrogens with zero attached hydrogens (tertiary/aromatic N) is 2. The molecule has 1 heterocycles. The lowest BCUT2D eigenvalue weighted by molar-refractivity contribution is -0.117. The summed E-state index contributed by atoms with van der Waals surface area (Å²) in [6.07, 6.45) is 0.785. The minimum absolute atomic E-state index is 0.0277. The van der Waals surface area contributed by atoms with Crippen LogP contribution in [0.4, 0.5) is 10.3 Å². The van der Waals surface area contributed by atoms with Gasteiger partial charge in [-0.25, -0.2) is 9.37 Å². The second-order valence-corrected chi connectivity index (χ2v) is 7.92. The molecule has 1 amide bonds. The second kappa shape index (κ2) is 5.94. The minimum Gasteiger partial charge on any atom is -0.305 e. The van der Waals surface area contributed by atoms with E-state index in [4.69, 9.17) is 0 Å². The maximum atomic E-state index is 13.1. The van der Waals surface area contributed by atoms with E-state index in [9.17, 15) is 9.18 Å². The van der Waals surface area contributed by atoms with Crippen LogP contribution >= 0.6 is 0 Å². The van der Waals surface area contributed by atoms with Crippen LogP contribution in [0.5, 0.6) is 0 Å². The molecule has 0 radical (unpaired) electrons. The number of amides is 1. The summed E-state index contributed by atoms with van der Waals surface area (Å²) in [4.78, 5) is 17.4. The Hall–Kier alpha value is -2.69. The molecule has 1 N–H and O–H groups in total. The van der Waals surface area contributed by atoms with Crippen LogP contribution in [0.2, 0.25) is 0 Å². The molecule has 4 rings (SSSR count). The number of nitrogens with one attached hydrogen (secondary N) is 1. The molecule has 4 nitrogen and oxygen atoms in total. The molecular weight excluding hydrogens is 329 g/mol. The van der Waals surface area contributed by atoms with Crippen molar-refractivity contribution < 1.29 is 9.18 Å². The van der Waals surface area contributed by atoms with E-state index in [-0.39, 0.29) is 29.1 Å². The molecule has 2 unspecified atom stereocenters. The Labute approximate surface area is 152 Å². The Morgan fingerprint density at radius 3 is 2.54 bits per heavy atom. The SMILES string of the molecule is CC(C)(C)n1c(NC(=O)C2CC2c2ccc(F)cc2)nc2ccccc21. The highest BCUT2D eigenvalue weighted by molar-refractivity contribution is 5.95. The summed E-state index contributed by atoms with van der Waals surface area (Å²) in [6, 6.07) is 14.3. The molecule has 2 aromatic carbocycles. The average Bonchev–Trinajstić information content (AvgIpc) is 3.28. The number of carbonyl (C=O) groups is 1. The van der Waals surface area contributed by atoms with E-state index in [2.05, 4.69) is 35.6 Å². The number of para-hydroxylation sites is 2. The number of rotatable bonds is 3. The van der Waals surface area contributed by atoms with Gasteiger partial charge in [0.25, 0.3) is 0 Å². The molecule has 2 atom stereocenters. The number of hydrogen-bond donors (Lipinski definition) is 1. The van der Waals surface area contributed by atoms with E-state index < -0.39 is 0 Å². The molecule has 1 saturated carbocycles. The first-order valence-electron chi connectivity index (χ1n) is 8.89. The number of anilines is 1. The summed E-state index contributed by atoms with van der Waals surface area (Å²) in [5.41, 5.74) is 2.67. The maximum absolute atomic E-state index is 13.1. The summed E-state index contributed by atoms with van der Waals surface area (Å²) in [5.74, 6) is 0.361. The van der Waals surface area contributed by atoms with E-state index in [0.717, 1.165) is 23.0 Å². The van der Waals surface area contributed by atoms with E-state index in [1.807, 2.05) is 24.3 Å². The quantitative estimate of drug-likeness (QED) is 0.745. The maximum Gasteiger partial charge on any atom is 0.230 e. The molecule has 0 saturated heterocycles. The van der Waals surface area contributed by atoms with Gasteiger partial charge in [0, 0.05) is 11.5 Å². The van der Waals surface area contributed by atoms with Crippen LogP contribution in [0.3, 0.4) is 0 Å². The number of carbonyl (C=O) groups excluding carboxylic acids is 1. The largest absolute Gasteiger partial charge is 0.305 e. The Kier molecular flexibility index (Phi) is 3.83. The van der Waals surface area contributed by atoms with Gasteiger partial charge in [0.2, 0.25) is 11.9 Å². The molecule has 5 heteroatoms. The fraction of sp³-hybridized carbons (Fsp3) is 0.333. The Morgan fingerprint density at radius 2 is 1.85 bits per heavy atom. The highest BCUT2D eigenvalue weighted by Gasteiger charge is 2.44. The average molecular weight is 351 g/mol. The zero-order chi connectivity index (χ0) is 18.5.